The van der Waals surface area contributed by atoms with Gasteiger partial charge >= 0.3 is 12.1 Å². The number of amides is 1. The number of hydrogen-bond donors (Lipinski definition) is 0. The van der Waals surface area contributed by atoms with Crippen LogP contribution in [0.1, 0.15) is 40.5 Å². The van der Waals surface area contributed by atoms with E-state index >= 15 is 0 Å². The number of ether oxygens (including phenoxy) is 2. The van der Waals surface area contributed by atoms with Crippen molar-refractivity contribution in [3.8, 4) is 0 Å². The maximum Gasteiger partial charge on any atom is 0.410 e. The van der Waals surface area contributed by atoms with E-state index in [1.54, 1.807) is 17.9 Å². The topological polar surface area (TPSA) is 55.8 Å². The summed E-state index contributed by atoms with van der Waals surface area (Å²) in [6, 6.07) is -0.0840. The van der Waals surface area contributed by atoms with Gasteiger partial charge in [-0.1, -0.05) is 6.08 Å². The molecule has 0 spiro atoms. The number of hydrogen-bond acceptors (Lipinski definition) is 4. The fourth-order valence-electron chi connectivity index (χ4n) is 1.92. The summed E-state index contributed by atoms with van der Waals surface area (Å²) < 4.78 is 10.2. The molecule has 5 nitrogen and oxygen atoms in total. The molecule has 1 atom stereocenters. The molecule has 0 N–H and O–H groups in total. The normalized spacial score (nSPS) is 19.8. The van der Waals surface area contributed by atoms with Crippen LogP contribution in [0.25, 0.3) is 0 Å². The lowest BCUT2D eigenvalue weighted by atomic mass is 10.2. The van der Waals surface area contributed by atoms with Gasteiger partial charge in [0, 0.05) is 12.6 Å². The SMILES string of the molecule is CCOC(=O)/C=C/[C@@H]1CCCN1C(=O)OC(C)(C)C. The van der Waals surface area contributed by atoms with Crippen molar-refractivity contribution < 1.29 is 19.1 Å². The van der Waals surface area contributed by atoms with Crippen LogP contribution in [0, 0.1) is 0 Å². The Balaban J connectivity index is 2.59. The molecule has 0 aromatic rings. The second-order valence-corrected chi connectivity index (χ2v) is 5.49. The second-order valence-electron chi connectivity index (χ2n) is 5.49. The van der Waals surface area contributed by atoms with E-state index < -0.39 is 5.60 Å². The van der Waals surface area contributed by atoms with E-state index in [4.69, 9.17) is 9.47 Å². The Hall–Kier alpha value is -1.52. The molecule has 0 radical (unpaired) electrons. The fraction of sp³-hybridized carbons (Fsp3) is 0.714. The molecule has 1 aliphatic heterocycles. The second kappa shape index (κ2) is 6.59. The van der Waals surface area contributed by atoms with Gasteiger partial charge in [0.25, 0.3) is 0 Å². The van der Waals surface area contributed by atoms with E-state index in [-0.39, 0.29) is 18.1 Å². The van der Waals surface area contributed by atoms with Crippen molar-refractivity contribution in [2.45, 2.75) is 52.2 Å². The third kappa shape index (κ3) is 5.32. The predicted octanol–water partition coefficient (Wildman–Crippen LogP) is 2.51. The summed E-state index contributed by atoms with van der Waals surface area (Å²) in [5, 5.41) is 0. The summed E-state index contributed by atoms with van der Waals surface area (Å²) in [4.78, 5) is 24.9. The van der Waals surface area contributed by atoms with Crippen LogP contribution in [0.5, 0.6) is 0 Å². The summed E-state index contributed by atoms with van der Waals surface area (Å²) in [5.41, 5.74) is -0.505. The molecule has 108 valence electrons. The van der Waals surface area contributed by atoms with Crippen LogP contribution in [-0.4, -0.2) is 41.8 Å². The molecule has 1 aliphatic rings. The molecule has 1 saturated heterocycles. The third-order valence-electron chi connectivity index (χ3n) is 2.67. The highest BCUT2D eigenvalue weighted by Crippen LogP contribution is 2.21. The van der Waals surface area contributed by atoms with Crippen molar-refractivity contribution >= 4 is 12.1 Å². The Kier molecular flexibility index (Phi) is 5.39. The lowest BCUT2D eigenvalue weighted by molar-refractivity contribution is -0.137. The van der Waals surface area contributed by atoms with Crippen molar-refractivity contribution in [2.24, 2.45) is 0 Å². The number of nitrogens with zero attached hydrogens (tertiary/aromatic N) is 1. The molecule has 0 aromatic carbocycles. The number of esters is 1. The Morgan fingerprint density at radius 3 is 2.63 bits per heavy atom. The van der Waals surface area contributed by atoms with Gasteiger partial charge in [-0.05, 0) is 40.5 Å². The highest BCUT2D eigenvalue weighted by Gasteiger charge is 2.30. The molecule has 0 aliphatic carbocycles. The summed E-state index contributed by atoms with van der Waals surface area (Å²) in [6.07, 6.45) is 4.53. The van der Waals surface area contributed by atoms with Crippen molar-refractivity contribution in [1.29, 1.82) is 0 Å². The molecule has 1 amide bonds. The fourth-order valence-corrected chi connectivity index (χ4v) is 1.92. The van der Waals surface area contributed by atoms with E-state index in [1.807, 2.05) is 20.8 Å². The average molecular weight is 269 g/mol. The van der Waals surface area contributed by atoms with Crippen LogP contribution in [0.2, 0.25) is 0 Å². The van der Waals surface area contributed by atoms with Gasteiger partial charge in [0.2, 0.25) is 0 Å². The minimum atomic E-state index is -0.505. The van der Waals surface area contributed by atoms with E-state index in [0.29, 0.717) is 13.2 Å². The van der Waals surface area contributed by atoms with Crippen molar-refractivity contribution in [3.05, 3.63) is 12.2 Å². The van der Waals surface area contributed by atoms with E-state index in [9.17, 15) is 9.59 Å². The zero-order valence-corrected chi connectivity index (χ0v) is 12.1. The highest BCUT2D eigenvalue weighted by molar-refractivity contribution is 5.82. The molecule has 19 heavy (non-hydrogen) atoms. The molecule has 0 aromatic heterocycles. The van der Waals surface area contributed by atoms with Crippen molar-refractivity contribution in [3.63, 3.8) is 0 Å². The summed E-state index contributed by atoms with van der Waals surface area (Å²) in [7, 11) is 0. The Bertz CT molecular complexity index is 357. The van der Waals surface area contributed by atoms with Gasteiger partial charge in [0.05, 0.1) is 12.6 Å². The van der Waals surface area contributed by atoms with Crippen molar-refractivity contribution in [1.82, 2.24) is 4.90 Å². The minimum Gasteiger partial charge on any atom is -0.463 e. The summed E-state index contributed by atoms with van der Waals surface area (Å²) in [5.74, 6) is -0.376. The predicted molar refractivity (Wildman–Crippen MR) is 71.7 cm³/mol. The largest absolute Gasteiger partial charge is 0.463 e. The average Bonchev–Trinajstić information content (AvgIpc) is 2.72. The van der Waals surface area contributed by atoms with Gasteiger partial charge in [-0.2, -0.15) is 0 Å². The minimum absolute atomic E-state index is 0.0840. The summed E-state index contributed by atoms with van der Waals surface area (Å²) >= 11 is 0. The third-order valence-corrected chi connectivity index (χ3v) is 2.67. The maximum atomic E-state index is 12.0. The number of carbonyl (C=O) groups is 2. The Labute approximate surface area is 114 Å². The monoisotopic (exact) mass is 269 g/mol. The van der Waals surface area contributed by atoms with Crippen LogP contribution in [0.15, 0.2) is 12.2 Å². The number of carbonyl (C=O) groups excluding carboxylic acids is 2. The molecule has 0 unspecified atom stereocenters. The first kappa shape index (κ1) is 15.5. The molecule has 0 bridgehead atoms. The smallest absolute Gasteiger partial charge is 0.410 e. The van der Waals surface area contributed by atoms with Gasteiger partial charge in [-0.3, -0.25) is 0 Å². The van der Waals surface area contributed by atoms with Crippen LogP contribution >= 0.6 is 0 Å². The first-order valence-corrected chi connectivity index (χ1v) is 6.68. The molecular formula is C14H23NO4. The maximum absolute atomic E-state index is 12.0. The lowest BCUT2D eigenvalue weighted by Gasteiger charge is -2.27. The Morgan fingerprint density at radius 2 is 2.05 bits per heavy atom. The van der Waals surface area contributed by atoms with Gasteiger partial charge in [-0.15, -0.1) is 0 Å². The van der Waals surface area contributed by atoms with Crippen LogP contribution in [0.4, 0.5) is 4.79 Å². The molecule has 1 rings (SSSR count). The quantitative estimate of drug-likeness (QED) is 0.583. The number of likely N-dealkylation sites (tertiary alicyclic amines) is 1. The lowest BCUT2D eigenvalue weighted by Crippen LogP contribution is -2.39. The molecule has 0 saturated carbocycles. The zero-order chi connectivity index (χ0) is 14.5. The van der Waals surface area contributed by atoms with Gasteiger partial charge in [0.15, 0.2) is 0 Å². The molecule has 1 fully saturated rings. The van der Waals surface area contributed by atoms with Gasteiger partial charge < -0.3 is 14.4 Å². The number of rotatable bonds is 3. The van der Waals surface area contributed by atoms with Crippen molar-refractivity contribution in [2.75, 3.05) is 13.2 Å². The van der Waals surface area contributed by atoms with Gasteiger partial charge in [0.1, 0.15) is 5.60 Å². The first-order chi connectivity index (χ1) is 8.83. The first-order valence-electron chi connectivity index (χ1n) is 6.68. The van der Waals surface area contributed by atoms with Gasteiger partial charge in [-0.25, -0.2) is 9.59 Å². The van der Waals surface area contributed by atoms with Crippen LogP contribution in [0.3, 0.4) is 0 Å². The summed E-state index contributed by atoms with van der Waals surface area (Å²) in [6.45, 7) is 8.28. The standard InChI is InChI=1S/C14H23NO4/c1-5-18-12(16)9-8-11-7-6-10-15(11)13(17)19-14(2,3)4/h8-9,11H,5-7,10H2,1-4H3/b9-8+/t11-/m0/s1. The highest BCUT2D eigenvalue weighted by atomic mass is 16.6. The molecular weight excluding hydrogens is 246 g/mol. The molecule has 1 heterocycles. The van der Waals surface area contributed by atoms with Crippen LogP contribution < -0.4 is 0 Å². The Morgan fingerprint density at radius 1 is 1.37 bits per heavy atom. The molecule has 5 heteroatoms. The van der Waals surface area contributed by atoms with E-state index in [2.05, 4.69) is 0 Å². The van der Waals surface area contributed by atoms with E-state index in [0.717, 1.165) is 12.8 Å². The van der Waals surface area contributed by atoms with Crippen LogP contribution in [-0.2, 0) is 14.3 Å². The van der Waals surface area contributed by atoms with E-state index in [1.165, 1.54) is 6.08 Å². The zero-order valence-electron chi connectivity index (χ0n) is 12.1.